The van der Waals surface area contributed by atoms with E-state index in [2.05, 4.69) is 5.32 Å². The molecule has 0 aromatic carbocycles. The van der Waals surface area contributed by atoms with E-state index in [1.807, 2.05) is 25.1 Å². The van der Waals surface area contributed by atoms with Crippen LogP contribution in [-0.2, 0) is 10.0 Å². The third-order valence-electron chi connectivity index (χ3n) is 4.15. The molecule has 2 heterocycles. The average Bonchev–Trinajstić information content (AvgIpc) is 2.76. The molecule has 2 saturated heterocycles. The Bertz CT molecular complexity index is 394. The van der Waals surface area contributed by atoms with Crippen molar-refractivity contribution in [3.8, 4) is 0 Å². The number of hydrogen-bond donors (Lipinski definition) is 1. The predicted molar refractivity (Wildman–Crippen MR) is 78.6 cm³/mol. The van der Waals surface area contributed by atoms with Gasteiger partial charge >= 0.3 is 0 Å². The van der Waals surface area contributed by atoms with E-state index in [-0.39, 0.29) is 17.2 Å². The zero-order valence-electron chi connectivity index (χ0n) is 12.5. The molecule has 0 spiro atoms. The van der Waals surface area contributed by atoms with Crippen molar-refractivity contribution >= 4 is 10.0 Å². The highest BCUT2D eigenvalue weighted by atomic mass is 32.2. The second-order valence-electron chi connectivity index (χ2n) is 7.22. The summed E-state index contributed by atoms with van der Waals surface area (Å²) >= 11 is 0. The SMILES string of the molecule is CC(C)(C)CS(=O)(=O)N1CCCC1C1CCNCC1. The van der Waals surface area contributed by atoms with Gasteiger partial charge in [0.05, 0.1) is 5.75 Å². The number of piperidine rings is 1. The van der Waals surface area contributed by atoms with Crippen LogP contribution in [-0.4, -0.2) is 44.2 Å². The molecule has 2 aliphatic heterocycles. The number of nitrogens with one attached hydrogen (secondary N) is 1. The molecule has 19 heavy (non-hydrogen) atoms. The van der Waals surface area contributed by atoms with Crippen LogP contribution in [0.1, 0.15) is 46.5 Å². The molecule has 0 radical (unpaired) electrons. The molecule has 0 amide bonds. The molecule has 1 atom stereocenters. The molecule has 0 bridgehead atoms. The van der Waals surface area contributed by atoms with Gasteiger partial charge in [0.2, 0.25) is 10.0 Å². The summed E-state index contributed by atoms with van der Waals surface area (Å²) in [4.78, 5) is 0. The molecule has 0 aromatic heterocycles. The number of rotatable bonds is 3. The van der Waals surface area contributed by atoms with Gasteiger partial charge < -0.3 is 5.32 Å². The fourth-order valence-electron chi connectivity index (χ4n) is 3.44. The minimum atomic E-state index is -3.10. The van der Waals surface area contributed by atoms with Gasteiger partial charge in [0.15, 0.2) is 0 Å². The Labute approximate surface area is 118 Å². The van der Waals surface area contributed by atoms with Crippen molar-refractivity contribution in [3.63, 3.8) is 0 Å². The molecule has 0 aliphatic carbocycles. The topological polar surface area (TPSA) is 49.4 Å². The van der Waals surface area contributed by atoms with E-state index in [1.165, 1.54) is 0 Å². The van der Waals surface area contributed by atoms with Gasteiger partial charge in [-0.25, -0.2) is 8.42 Å². The van der Waals surface area contributed by atoms with E-state index in [4.69, 9.17) is 0 Å². The number of sulfonamides is 1. The van der Waals surface area contributed by atoms with E-state index < -0.39 is 10.0 Å². The average molecular weight is 288 g/mol. The van der Waals surface area contributed by atoms with Crippen molar-refractivity contribution in [1.82, 2.24) is 9.62 Å². The Morgan fingerprint density at radius 2 is 1.79 bits per heavy atom. The van der Waals surface area contributed by atoms with E-state index in [9.17, 15) is 8.42 Å². The van der Waals surface area contributed by atoms with Crippen LogP contribution in [0.3, 0.4) is 0 Å². The monoisotopic (exact) mass is 288 g/mol. The molecular formula is C14H28N2O2S. The molecule has 1 N–H and O–H groups in total. The first kappa shape index (κ1) is 15.3. The van der Waals surface area contributed by atoms with Crippen LogP contribution in [0.25, 0.3) is 0 Å². The van der Waals surface area contributed by atoms with Crippen molar-refractivity contribution in [2.75, 3.05) is 25.4 Å². The largest absolute Gasteiger partial charge is 0.317 e. The minimum Gasteiger partial charge on any atom is -0.317 e. The van der Waals surface area contributed by atoms with Crippen LogP contribution in [0.5, 0.6) is 0 Å². The first-order valence-electron chi connectivity index (χ1n) is 7.50. The van der Waals surface area contributed by atoms with E-state index in [0.29, 0.717) is 5.92 Å². The molecule has 0 aromatic rings. The van der Waals surface area contributed by atoms with E-state index in [1.54, 1.807) is 0 Å². The van der Waals surface area contributed by atoms with Crippen LogP contribution in [0, 0.1) is 11.3 Å². The molecule has 4 nitrogen and oxygen atoms in total. The zero-order valence-corrected chi connectivity index (χ0v) is 13.3. The summed E-state index contributed by atoms with van der Waals surface area (Å²) in [6, 6.07) is 0.259. The van der Waals surface area contributed by atoms with Crippen LogP contribution >= 0.6 is 0 Å². The Morgan fingerprint density at radius 3 is 2.37 bits per heavy atom. The molecule has 0 saturated carbocycles. The van der Waals surface area contributed by atoms with Crippen LogP contribution in [0.2, 0.25) is 0 Å². The maximum absolute atomic E-state index is 12.6. The van der Waals surface area contributed by atoms with Gasteiger partial charge in [-0.1, -0.05) is 20.8 Å². The molecular weight excluding hydrogens is 260 g/mol. The highest BCUT2D eigenvalue weighted by Crippen LogP contribution is 2.33. The summed E-state index contributed by atoms with van der Waals surface area (Å²) in [6.45, 7) is 8.80. The normalized spacial score (nSPS) is 27.8. The summed E-state index contributed by atoms with van der Waals surface area (Å²) in [5.41, 5.74) is -0.167. The van der Waals surface area contributed by atoms with Crippen molar-refractivity contribution < 1.29 is 8.42 Å². The lowest BCUT2D eigenvalue weighted by Crippen LogP contribution is -2.45. The Hall–Kier alpha value is -0.130. The van der Waals surface area contributed by atoms with E-state index >= 15 is 0 Å². The first-order chi connectivity index (χ1) is 8.80. The molecule has 112 valence electrons. The lowest BCUT2D eigenvalue weighted by molar-refractivity contribution is 0.233. The number of hydrogen-bond acceptors (Lipinski definition) is 3. The summed E-state index contributed by atoms with van der Waals surface area (Å²) in [5.74, 6) is 0.820. The smallest absolute Gasteiger partial charge is 0.214 e. The van der Waals surface area contributed by atoms with Gasteiger partial charge in [0.25, 0.3) is 0 Å². The lowest BCUT2D eigenvalue weighted by Gasteiger charge is -2.35. The van der Waals surface area contributed by atoms with Gasteiger partial charge in [-0.05, 0) is 50.1 Å². The molecule has 2 aliphatic rings. The summed E-state index contributed by atoms with van der Waals surface area (Å²) in [6.07, 6.45) is 4.31. The van der Waals surface area contributed by atoms with Gasteiger partial charge in [-0.2, -0.15) is 4.31 Å². The third kappa shape index (κ3) is 3.92. The molecule has 2 rings (SSSR count). The van der Waals surface area contributed by atoms with Gasteiger partial charge in [0, 0.05) is 12.6 Å². The van der Waals surface area contributed by atoms with Crippen LogP contribution in [0.4, 0.5) is 0 Å². The highest BCUT2D eigenvalue weighted by Gasteiger charge is 2.40. The Morgan fingerprint density at radius 1 is 1.16 bits per heavy atom. The number of nitrogens with zero attached hydrogens (tertiary/aromatic N) is 1. The van der Waals surface area contributed by atoms with E-state index in [0.717, 1.165) is 45.3 Å². The molecule has 5 heteroatoms. The Kier molecular flexibility index (Phi) is 4.58. The predicted octanol–water partition coefficient (Wildman–Crippen LogP) is 1.83. The third-order valence-corrected chi connectivity index (χ3v) is 6.55. The van der Waals surface area contributed by atoms with Crippen molar-refractivity contribution in [3.05, 3.63) is 0 Å². The van der Waals surface area contributed by atoms with Gasteiger partial charge in [-0.3, -0.25) is 0 Å². The fraction of sp³-hybridized carbons (Fsp3) is 1.00. The summed E-state index contributed by atoms with van der Waals surface area (Å²) in [5, 5.41) is 3.36. The molecule has 2 fully saturated rings. The van der Waals surface area contributed by atoms with Gasteiger partial charge in [-0.15, -0.1) is 0 Å². The second-order valence-corrected chi connectivity index (χ2v) is 9.15. The zero-order chi connectivity index (χ0) is 14.1. The summed E-state index contributed by atoms with van der Waals surface area (Å²) in [7, 11) is -3.10. The minimum absolute atomic E-state index is 0.167. The standard InChI is InChI=1S/C14H28N2O2S/c1-14(2,3)11-19(17,18)16-10-4-5-13(16)12-6-8-15-9-7-12/h12-13,15H,4-11H2,1-3H3. The second kappa shape index (κ2) is 5.70. The van der Waals surface area contributed by atoms with Crippen LogP contribution < -0.4 is 5.32 Å². The Balaban J connectivity index is 2.09. The summed E-state index contributed by atoms with van der Waals surface area (Å²) < 4.78 is 27.1. The van der Waals surface area contributed by atoms with Crippen LogP contribution in [0.15, 0.2) is 0 Å². The maximum Gasteiger partial charge on any atom is 0.214 e. The van der Waals surface area contributed by atoms with Gasteiger partial charge in [0.1, 0.15) is 0 Å². The quantitative estimate of drug-likeness (QED) is 0.862. The molecule has 1 unspecified atom stereocenters. The lowest BCUT2D eigenvalue weighted by atomic mass is 9.89. The van der Waals surface area contributed by atoms with Crippen molar-refractivity contribution in [1.29, 1.82) is 0 Å². The maximum atomic E-state index is 12.6. The van der Waals surface area contributed by atoms with Crippen molar-refractivity contribution in [2.45, 2.75) is 52.5 Å². The fourth-order valence-corrected chi connectivity index (χ4v) is 5.80. The first-order valence-corrected chi connectivity index (χ1v) is 9.11. The highest BCUT2D eigenvalue weighted by molar-refractivity contribution is 7.89. The van der Waals surface area contributed by atoms with Crippen molar-refractivity contribution in [2.24, 2.45) is 11.3 Å².